The molecule has 28 heavy (non-hydrogen) atoms. The van der Waals surface area contributed by atoms with E-state index in [1.165, 1.54) is 0 Å². The number of carbonyl (C=O) groups is 2. The van der Waals surface area contributed by atoms with E-state index in [0.717, 1.165) is 30.1 Å². The Morgan fingerprint density at radius 1 is 1.04 bits per heavy atom. The number of benzene rings is 2. The van der Waals surface area contributed by atoms with Crippen LogP contribution in [0, 0.1) is 6.92 Å². The van der Waals surface area contributed by atoms with Crippen molar-refractivity contribution in [2.45, 2.75) is 19.9 Å². The summed E-state index contributed by atoms with van der Waals surface area (Å²) in [6.45, 7) is 6.35. The van der Waals surface area contributed by atoms with Gasteiger partial charge in [0.15, 0.2) is 0 Å². The second kappa shape index (κ2) is 8.78. The molecule has 0 unspecified atom stereocenters. The van der Waals surface area contributed by atoms with Gasteiger partial charge in [-0.15, -0.1) is 0 Å². The van der Waals surface area contributed by atoms with Crippen molar-refractivity contribution in [1.29, 1.82) is 0 Å². The van der Waals surface area contributed by atoms with Crippen LogP contribution in [0.3, 0.4) is 0 Å². The molecule has 0 aromatic heterocycles. The van der Waals surface area contributed by atoms with Gasteiger partial charge in [-0.1, -0.05) is 29.8 Å². The molecule has 2 aromatic rings. The summed E-state index contributed by atoms with van der Waals surface area (Å²) in [7, 11) is 1.66. The summed E-state index contributed by atoms with van der Waals surface area (Å²) in [5.41, 5.74) is 2.62. The summed E-state index contributed by atoms with van der Waals surface area (Å²) in [6, 6.07) is 14.7. The zero-order chi connectivity index (χ0) is 20.1. The average molecular weight is 381 g/mol. The molecule has 0 bridgehead atoms. The fourth-order valence-electron chi connectivity index (χ4n) is 3.46. The van der Waals surface area contributed by atoms with Crippen molar-refractivity contribution in [3.8, 4) is 5.75 Å². The van der Waals surface area contributed by atoms with Gasteiger partial charge in [-0.05, 0) is 38.1 Å². The molecule has 1 atom stereocenters. The second-order valence-electron chi connectivity index (χ2n) is 7.05. The molecule has 1 fully saturated rings. The van der Waals surface area contributed by atoms with Crippen LogP contribution in [0.4, 0.5) is 5.69 Å². The van der Waals surface area contributed by atoms with Crippen LogP contribution in [0.5, 0.6) is 5.75 Å². The molecule has 0 saturated carbocycles. The molecule has 1 saturated heterocycles. The summed E-state index contributed by atoms with van der Waals surface area (Å²) in [5.74, 6) is 0.555. The van der Waals surface area contributed by atoms with Gasteiger partial charge in [-0.25, -0.2) is 0 Å². The first kappa shape index (κ1) is 19.7. The Morgan fingerprint density at radius 3 is 2.43 bits per heavy atom. The van der Waals surface area contributed by atoms with Crippen molar-refractivity contribution in [2.75, 3.05) is 38.2 Å². The number of amides is 2. The second-order valence-corrected chi connectivity index (χ2v) is 7.05. The fourth-order valence-corrected chi connectivity index (χ4v) is 3.46. The van der Waals surface area contributed by atoms with Crippen LogP contribution >= 0.6 is 0 Å². The number of nitrogens with zero attached hydrogens (tertiary/aromatic N) is 2. The van der Waals surface area contributed by atoms with Crippen LogP contribution in [0.15, 0.2) is 48.5 Å². The number of para-hydroxylation sites is 2. The lowest BCUT2D eigenvalue weighted by atomic mass is 10.1. The molecule has 0 radical (unpaired) electrons. The van der Waals surface area contributed by atoms with Crippen molar-refractivity contribution < 1.29 is 14.3 Å². The maximum Gasteiger partial charge on any atom is 0.251 e. The zero-order valence-corrected chi connectivity index (χ0v) is 16.6. The first-order valence-corrected chi connectivity index (χ1v) is 9.54. The van der Waals surface area contributed by atoms with Crippen LogP contribution in [0.25, 0.3) is 0 Å². The monoisotopic (exact) mass is 381 g/mol. The summed E-state index contributed by atoms with van der Waals surface area (Å²) in [5, 5.41) is 2.82. The number of aryl methyl sites for hydroxylation is 1. The smallest absolute Gasteiger partial charge is 0.251 e. The lowest BCUT2D eigenvalue weighted by molar-refractivity contribution is -0.133. The topological polar surface area (TPSA) is 61.9 Å². The maximum absolute atomic E-state index is 12.8. The highest BCUT2D eigenvalue weighted by Crippen LogP contribution is 2.28. The van der Waals surface area contributed by atoms with Crippen LogP contribution in [0.2, 0.25) is 0 Å². The number of hydrogen-bond acceptors (Lipinski definition) is 4. The van der Waals surface area contributed by atoms with Gasteiger partial charge in [0, 0.05) is 31.7 Å². The summed E-state index contributed by atoms with van der Waals surface area (Å²) in [4.78, 5) is 29.2. The molecule has 1 heterocycles. The normalized spacial score (nSPS) is 15.1. The Labute approximate surface area is 166 Å². The Bertz CT molecular complexity index is 844. The van der Waals surface area contributed by atoms with Gasteiger partial charge in [-0.2, -0.15) is 0 Å². The molecular formula is C22H27N3O3. The SMILES string of the molecule is COc1ccccc1N1CCN(C(=O)[C@H](C)NC(=O)c2cccc(C)c2)CC1. The Kier molecular flexibility index (Phi) is 6.19. The van der Waals surface area contributed by atoms with E-state index < -0.39 is 6.04 Å². The zero-order valence-electron chi connectivity index (χ0n) is 16.6. The van der Waals surface area contributed by atoms with Crippen molar-refractivity contribution >= 4 is 17.5 Å². The van der Waals surface area contributed by atoms with Crippen molar-refractivity contribution in [2.24, 2.45) is 0 Å². The molecule has 3 rings (SSSR count). The number of piperazine rings is 1. The number of nitrogens with one attached hydrogen (secondary N) is 1. The lowest BCUT2D eigenvalue weighted by Gasteiger charge is -2.37. The third-order valence-corrected chi connectivity index (χ3v) is 5.02. The molecule has 6 nitrogen and oxygen atoms in total. The third kappa shape index (κ3) is 4.44. The van der Waals surface area contributed by atoms with Crippen LogP contribution < -0.4 is 15.0 Å². The number of ether oxygens (including phenoxy) is 1. The molecule has 2 aromatic carbocycles. The molecule has 2 amide bonds. The van der Waals surface area contributed by atoms with E-state index in [2.05, 4.69) is 10.2 Å². The van der Waals surface area contributed by atoms with Gasteiger partial charge in [0.1, 0.15) is 11.8 Å². The molecule has 0 spiro atoms. The molecule has 1 aliphatic heterocycles. The lowest BCUT2D eigenvalue weighted by Crippen LogP contribution is -2.54. The van der Waals surface area contributed by atoms with E-state index in [1.54, 1.807) is 20.1 Å². The maximum atomic E-state index is 12.8. The Balaban J connectivity index is 1.56. The summed E-state index contributed by atoms with van der Waals surface area (Å²) in [6.07, 6.45) is 0. The third-order valence-electron chi connectivity index (χ3n) is 5.02. The number of anilines is 1. The van der Waals surface area contributed by atoms with E-state index in [9.17, 15) is 9.59 Å². The quantitative estimate of drug-likeness (QED) is 0.864. The van der Waals surface area contributed by atoms with E-state index in [1.807, 2.05) is 54.3 Å². The van der Waals surface area contributed by atoms with Gasteiger partial charge in [0.05, 0.1) is 12.8 Å². The Hall–Kier alpha value is -3.02. The van der Waals surface area contributed by atoms with Gasteiger partial charge in [0.25, 0.3) is 5.91 Å². The summed E-state index contributed by atoms with van der Waals surface area (Å²) < 4.78 is 5.44. The van der Waals surface area contributed by atoms with Crippen molar-refractivity contribution in [3.05, 3.63) is 59.7 Å². The van der Waals surface area contributed by atoms with Gasteiger partial charge >= 0.3 is 0 Å². The van der Waals surface area contributed by atoms with E-state index in [-0.39, 0.29) is 11.8 Å². The Morgan fingerprint density at radius 2 is 1.75 bits per heavy atom. The van der Waals surface area contributed by atoms with Gasteiger partial charge in [0.2, 0.25) is 5.91 Å². The van der Waals surface area contributed by atoms with Gasteiger partial charge < -0.3 is 19.9 Å². The van der Waals surface area contributed by atoms with Crippen molar-refractivity contribution in [1.82, 2.24) is 10.2 Å². The average Bonchev–Trinajstić information content (AvgIpc) is 2.73. The molecule has 148 valence electrons. The first-order valence-electron chi connectivity index (χ1n) is 9.54. The van der Waals surface area contributed by atoms with Gasteiger partial charge in [-0.3, -0.25) is 9.59 Å². The molecular weight excluding hydrogens is 354 g/mol. The molecule has 1 aliphatic rings. The number of rotatable bonds is 5. The number of carbonyl (C=O) groups excluding carboxylic acids is 2. The van der Waals surface area contributed by atoms with Crippen LogP contribution in [-0.4, -0.2) is 56.0 Å². The predicted molar refractivity (Wildman–Crippen MR) is 110 cm³/mol. The van der Waals surface area contributed by atoms with E-state index >= 15 is 0 Å². The van der Waals surface area contributed by atoms with E-state index in [4.69, 9.17) is 4.74 Å². The highest BCUT2D eigenvalue weighted by molar-refractivity contribution is 5.97. The molecule has 6 heteroatoms. The predicted octanol–water partition coefficient (Wildman–Crippen LogP) is 2.47. The minimum absolute atomic E-state index is 0.0549. The first-order chi connectivity index (χ1) is 13.5. The fraction of sp³-hybridized carbons (Fsp3) is 0.364. The van der Waals surface area contributed by atoms with E-state index in [0.29, 0.717) is 18.7 Å². The van der Waals surface area contributed by atoms with Crippen molar-refractivity contribution in [3.63, 3.8) is 0 Å². The standard InChI is InChI=1S/C22H27N3O3/c1-16-7-6-8-18(15-16)21(26)23-17(2)22(27)25-13-11-24(12-14-25)19-9-4-5-10-20(19)28-3/h4-10,15,17H,11-14H2,1-3H3,(H,23,26)/t17-/m0/s1. The highest BCUT2D eigenvalue weighted by atomic mass is 16.5. The minimum atomic E-state index is -0.564. The molecule has 0 aliphatic carbocycles. The van der Waals surface area contributed by atoms with Crippen LogP contribution in [-0.2, 0) is 4.79 Å². The number of methoxy groups -OCH3 is 1. The minimum Gasteiger partial charge on any atom is -0.495 e. The summed E-state index contributed by atoms with van der Waals surface area (Å²) >= 11 is 0. The molecule has 1 N–H and O–H groups in total. The highest BCUT2D eigenvalue weighted by Gasteiger charge is 2.27. The number of hydrogen-bond donors (Lipinski definition) is 1. The van der Waals surface area contributed by atoms with Crippen LogP contribution in [0.1, 0.15) is 22.8 Å². The largest absolute Gasteiger partial charge is 0.495 e.